The Labute approximate surface area is 143 Å². The maximum absolute atomic E-state index is 12.3. The fourth-order valence-electron chi connectivity index (χ4n) is 2.83. The number of rotatable bonds is 5. The second-order valence-electron chi connectivity index (χ2n) is 6.00. The highest BCUT2D eigenvalue weighted by molar-refractivity contribution is 7.92. The summed E-state index contributed by atoms with van der Waals surface area (Å²) in [5.41, 5.74) is 0.438. The van der Waals surface area contributed by atoms with Crippen LogP contribution in [0.5, 0.6) is 0 Å². The fraction of sp³-hybridized carbons (Fsp3) is 0.562. The van der Waals surface area contributed by atoms with Crippen molar-refractivity contribution in [2.45, 2.75) is 44.6 Å². The Kier molecular flexibility index (Phi) is 6.30. The van der Waals surface area contributed by atoms with Crippen molar-refractivity contribution in [2.24, 2.45) is 0 Å². The van der Waals surface area contributed by atoms with Crippen LogP contribution in [-0.2, 0) is 14.8 Å². The van der Waals surface area contributed by atoms with Gasteiger partial charge in [0.2, 0.25) is 15.9 Å². The molecule has 0 aromatic heterocycles. The maximum atomic E-state index is 12.3. The monoisotopic (exact) mass is 358 g/mol. The molecule has 0 radical (unpaired) electrons. The summed E-state index contributed by atoms with van der Waals surface area (Å²) in [6.45, 7) is -0.211. The molecule has 0 spiro atoms. The Bertz CT molecular complexity index is 623. The molecule has 128 valence electrons. The van der Waals surface area contributed by atoms with E-state index in [4.69, 9.17) is 11.6 Å². The molecular formula is C16H23ClN2O3S. The summed E-state index contributed by atoms with van der Waals surface area (Å²) in [5.74, 6) is -0.266. The van der Waals surface area contributed by atoms with Gasteiger partial charge in [-0.15, -0.1) is 0 Å². The van der Waals surface area contributed by atoms with Gasteiger partial charge in [0.05, 0.1) is 11.9 Å². The lowest BCUT2D eigenvalue weighted by Crippen LogP contribution is -2.44. The molecule has 0 saturated heterocycles. The van der Waals surface area contributed by atoms with Crippen molar-refractivity contribution in [2.75, 3.05) is 17.1 Å². The lowest BCUT2D eigenvalue weighted by Gasteiger charge is -2.24. The molecule has 0 aliphatic heterocycles. The van der Waals surface area contributed by atoms with Gasteiger partial charge in [0.15, 0.2) is 0 Å². The van der Waals surface area contributed by atoms with Gasteiger partial charge in [-0.05, 0) is 37.1 Å². The van der Waals surface area contributed by atoms with Crippen LogP contribution in [0.3, 0.4) is 0 Å². The third kappa shape index (κ3) is 5.70. The van der Waals surface area contributed by atoms with Crippen LogP contribution in [-0.4, -0.2) is 33.2 Å². The van der Waals surface area contributed by atoms with Crippen molar-refractivity contribution in [1.82, 2.24) is 5.32 Å². The zero-order valence-electron chi connectivity index (χ0n) is 13.3. The molecule has 5 nitrogen and oxygen atoms in total. The summed E-state index contributed by atoms with van der Waals surface area (Å²) < 4.78 is 25.1. The first-order valence-electron chi connectivity index (χ1n) is 7.89. The maximum Gasteiger partial charge on any atom is 0.240 e. The average Bonchev–Trinajstić information content (AvgIpc) is 2.73. The number of anilines is 1. The number of nitrogens with one attached hydrogen (secondary N) is 1. The minimum Gasteiger partial charge on any atom is -0.352 e. The summed E-state index contributed by atoms with van der Waals surface area (Å²) in [6.07, 6.45) is 7.65. The largest absolute Gasteiger partial charge is 0.352 e. The average molecular weight is 359 g/mol. The smallest absolute Gasteiger partial charge is 0.240 e. The van der Waals surface area contributed by atoms with Crippen molar-refractivity contribution in [3.05, 3.63) is 29.3 Å². The molecule has 1 saturated carbocycles. The van der Waals surface area contributed by atoms with Gasteiger partial charge in [0, 0.05) is 11.1 Å². The van der Waals surface area contributed by atoms with E-state index in [0.717, 1.165) is 36.2 Å². The van der Waals surface area contributed by atoms with Crippen molar-refractivity contribution < 1.29 is 13.2 Å². The lowest BCUT2D eigenvalue weighted by atomic mass is 10.1. The third-order valence-corrected chi connectivity index (χ3v) is 5.41. The molecule has 2 rings (SSSR count). The van der Waals surface area contributed by atoms with Gasteiger partial charge >= 0.3 is 0 Å². The number of amides is 1. The van der Waals surface area contributed by atoms with Crippen molar-refractivity contribution in [3.8, 4) is 0 Å². The molecule has 23 heavy (non-hydrogen) atoms. The van der Waals surface area contributed by atoms with Gasteiger partial charge in [-0.3, -0.25) is 9.10 Å². The number of carbonyl (C=O) groups is 1. The summed E-state index contributed by atoms with van der Waals surface area (Å²) in [5, 5.41) is 3.49. The Balaban J connectivity index is 2.05. The Morgan fingerprint density at radius 2 is 1.74 bits per heavy atom. The number of hydrogen-bond acceptors (Lipinski definition) is 3. The van der Waals surface area contributed by atoms with Crippen LogP contribution in [0.4, 0.5) is 5.69 Å². The molecule has 1 aliphatic carbocycles. The molecule has 0 heterocycles. The quantitative estimate of drug-likeness (QED) is 0.823. The van der Waals surface area contributed by atoms with E-state index >= 15 is 0 Å². The standard InChI is InChI=1S/C16H23ClN2O3S/c1-23(21,22)19(15-10-8-13(17)9-11-15)12-16(20)18-14-6-4-2-3-5-7-14/h8-11,14H,2-7,12H2,1H3,(H,18,20). The number of halogens is 1. The van der Waals surface area contributed by atoms with Gasteiger partial charge in [-0.2, -0.15) is 0 Å². The SMILES string of the molecule is CS(=O)(=O)N(CC(=O)NC1CCCCCC1)c1ccc(Cl)cc1. The molecule has 1 aliphatic rings. The second kappa shape index (κ2) is 8.02. The van der Waals surface area contributed by atoms with Crippen LogP contribution in [0, 0.1) is 0 Å². The Hall–Kier alpha value is -1.27. The van der Waals surface area contributed by atoms with Gasteiger partial charge < -0.3 is 5.32 Å². The van der Waals surface area contributed by atoms with Crippen LogP contribution in [0.2, 0.25) is 5.02 Å². The number of hydrogen-bond donors (Lipinski definition) is 1. The van der Waals surface area contributed by atoms with Crippen LogP contribution < -0.4 is 9.62 Å². The van der Waals surface area contributed by atoms with Crippen molar-refractivity contribution in [3.63, 3.8) is 0 Å². The first kappa shape index (κ1) is 18.1. The molecule has 7 heteroatoms. The second-order valence-corrected chi connectivity index (χ2v) is 8.35. The first-order valence-corrected chi connectivity index (χ1v) is 10.1. The summed E-state index contributed by atoms with van der Waals surface area (Å²) in [6, 6.07) is 6.57. The predicted molar refractivity (Wildman–Crippen MR) is 93.3 cm³/mol. The van der Waals surface area contributed by atoms with Crippen LogP contribution in [0.25, 0.3) is 0 Å². The minimum absolute atomic E-state index is 0.150. The van der Waals surface area contributed by atoms with E-state index in [2.05, 4.69) is 5.32 Å². The van der Waals surface area contributed by atoms with Crippen LogP contribution in [0.15, 0.2) is 24.3 Å². The number of sulfonamides is 1. The zero-order chi connectivity index (χ0) is 16.9. The van der Waals surface area contributed by atoms with E-state index in [1.807, 2.05) is 0 Å². The van der Waals surface area contributed by atoms with E-state index in [9.17, 15) is 13.2 Å². The van der Waals surface area contributed by atoms with E-state index in [0.29, 0.717) is 10.7 Å². The highest BCUT2D eigenvalue weighted by atomic mass is 35.5. The van der Waals surface area contributed by atoms with E-state index in [-0.39, 0.29) is 18.5 Å². The molecule has 1 N–H and O–H groups in total. The Morgan fingerprint density at radius 3 is 2.26 bits per heavy atom. The Morgan fingerprint density at radius 1 is 1.17 bits per heavy atom. The minimum atomic E-state index is -3.54. The molecule has 0 atom stereocenters. The molecule has 1 amide bonds. The topological polar surface area (TPSA) is 66.5 Å². The molecule has 1 fully saturated rings. The number of nitrogens with zero attached hydrogens (tertiary/aromatic N) is 1. The summed E-state index contributed by atoms with van der Waals surface area (Å²) >= 11 is 5.83. The van der Waals surface area contributed by atoms with Gasteiger partial charge in [-0.25, -0.2) is 8.42 Å². The lowest BCUT2D eigenvalue weighted by molar-refractivity contribution is -0.120. The predicted octanol–water partition coefficient (Wildman–Crippen LogP) is 2.95. The van der Waals surface area contributed by atoms with E-state index < -0.39 is 10.0 Å². The molecule has 1 aromatic carbocycles. The highest BCUT2D eigenvalue weighted by Crippen LogP contribution is 2.21. The third-order valence-electron chi connectivity index (χ3n) is 4.02. The molecule has 0 bridgehead atoms. The molecule has 0 unspecified atom stereocenters. The summed E-state index contributed by atoms with van der Waals surface area (Å²) in [4.78, 5) is 12.3. The van der Waals surface area contributed by atoms with E-state index in [1.165, 1.54) is 12.8 Å². The first-order chi connectivity index (χ1) is 10.9. The normalized spacial score (nSPS) is 16.6. The van der Waals surface area contributed by atoms with Gasteiger partial charge in [-0.1, -0.05) is 37.3 Å². The van der Waals surface area contributed by atoms with Gasteiger partial charge in [0.1, 0.15) is 6.54 Å². The fourth-order valence-corrected chi connectivity index (χ4v) is 3.82. The van der Waals surface area contributed by atoms with E-state index in [1.54, 1.807) is 24.3 Å². The number of benzene rings is 1. The molecular weight excluding hydrogens is 336 g/mol. The zero-order valence-corrected chi connectivity index (χ0v) is 14.9. The highest BCUT2D eigenvalue weighted by Gasteiger charge is 2.22. The summed E-state index contributed by atoms with van der Waals surface area (Å²) in [7, 11) is -3.54. The van der Waals surface area contributed by atoms with Crippen LogP contribution in [0.1, 0.15) is 38.5 Å². The van der Waals surface area contributed by atoms with Crippen molar-refractivity contribution in [1.29, 1.82) is 0 Å². The molecule has 1 aromatic rings. The van der Waals surface area contributed by atoms with Crippen molar-refractivity contribution >= 4 is 33.2 Å². The van der Waals surface area contributed by atoms with Crippen LogP contribution >= 0.6 is 11.6 Å². The number of carbonyl (C=O) groups excluding carboxylic acids is 1. The van der Waals surface area contributed by atoms with Gasteiger partial charge in [0.25, 0.3) is 0 Å².